The molecule has 144 valence electrons. The Balaban J connectivity index is 1.74. The molecule has 1 amide bonds. The second-order valence-electron chi connectivity index (χ2n) is 6.07. The van der Waals surface area contributed by atoms with Gasteiger partial charge >= 0.3 is 5.97 Å². The van der Waals surface area contributed by atoms with Crippen molar-refractivity contribution in [2.24, 2.45) is 0 Å². The van der Waals surface area contributed by atoms with Crippen LogP contribution in [0.5, 0.6) is 5.75 Å². The third-order valence-electron chi connectivity index (χ3n) is 3.80. The van der Waals surface area contributed by atoms with Gasteiger partial charge < -0.3 is 14.8 Å². The van der Waals surface area contributed by atoms with E-state index in [4.69, 9.17) is 21.1 Å². The minimum absolute atomic E-state index is 0.365. The molecule has 0 saturated heterocycles. The maximum Gasteiger partial charge on any atom is 0.338 e. The van der Waals surface area contributed by atoms with Crippen LogP contribution < -0.4 is 10.1 Å². The number of nitrogens with one attached hydrogen (secondary N) is 1. The zero-order valence-corrected chi connectivity index (χ0v) is 16.1. The molecular formula is C21H24ClNO4. The lowest BCUT2D eigenvalue weighted by atomic mass is 10.2. The van der Waals surface area contributed by atoms with E-state index in [1.807, 2.05) is 0 Å². The Kier molecular flexibility index (Phi) is 8.65. The molecule has 2 aromatic carbocycles. The number of esters is 1. The quantitative estimate of drug-likeness (QED) is 0.453. The molecule has 0 heterocycles. The summed E-state index contributed by atoms with van der Waals surface area (Å²) in [5.41, 5.74) is 0.910. The standard InChI is InChI=1S/C21H24ClNO4/c1-2-3-4-5-13-26-19-11-9-16(10-12-19)21(25)27-15-20(24)23-18-8-6-7-17(22)14-18/h6-12,14H,2-5,13,15H2,1H3,(H,23,24). The van der Waals surface area contributed by atoms with E-state index in [-0.39, 0.29) is 6.61 Å². The molecule has 2 aromatic rings. The number of hydrogen-bond donors (Lipinski definition) is 1. The van der Waals surface area contributed by atoms with Crippen molar-refractivity contribution in [1.82, 2.24) is 0 Å². The predicted octanol–water partition coefficient (Wildman–Crippen LogP) is 5.09. The summed E-state index contributed by atoms with van der Waals surface area (Å²) < 4.78 is 10.7. The number of rotatable bonds is 10. The van der Waals surface area contributed by atoms with Gasteiger partial charge in [-0.1, -0.05) is 43.9 Å². The van der Waals surface area contributed by atoms with Crippen molar-refractivity contribution in [3.63, 3.8) is 0 Å². The molecule has 27 heavy (non-hydrogen) atoms. The second-order valence-corrected chi connectivity index (χ2v) is 6.50. The zero-order chi connectivity index (χ0) is 19.5. The van der Waals surface area contributed by atoms with Gasteiger partial charge in [0.05, 0.1) is 12.2 Å². The Morgan fingerprint density at radius 1 is 1.04 bits per heavy atom. The third kappa shape index (κ3) is 7.71. The normalized spacial score (nSPS) is 10.3. The van der Waals surface area contributed by atoms with Crippen molar-refractivity contribution in [2.75, 3.05) is 18.5 Å². The van der Waals surface area contributed by atoms with Crippen molar-refractivity contribution in [2.45, 2.75) is 32.6 Å². The summed E-state index contributed by atoms with van der Waals surface area (Å²) in [6.07, 6.45) is 4.56. The Morgan fingerprint density at radius 2 is 1.81 bits per heavy atom. The Hall–Kier alpha value is -2.53. The summed E-state index contributed by atoms with van der Waals surface area (Å²) in [5, 5.41) is 3.13. The fourth-order valence-electron chi connectivity index (χ4n) is 2.38. The fourth-order valence-corrected chi connectivity index (χ4v) is 2.57. The van der Waals surface area contributed by atoms with Gasteiger partial charge in [-0.2, -0.15) is 0 Å². The van der Waals surface area contributed by atoms with Gasteiger partial charge in [0.1, 0.15) is 5.75 Å². The Bertz CT molecular complexity index is 746. The molecule has 0 unspecified atom stereocenters. The highest BCUT2D eigenvalue weighted by molar-refractivity contribution is 6.30. The number of amides is 1. The molecule has 6 heteroatoms. The third-order valence-corrected chi connectivity index (χ3v) is 4.03. The monoisotopic (exact) mass is 389 g/mol. The summed E-state index contributed by atoms with van der Waals surface area (Å²) in [6, 6.07) is 13.4. The molecule has 0 spiro atoms. The van der Waals surface area contributed by atoms with E-state index in [1.165, 1.54) is 12.8 Å². The smallest absolute Gasteiger partial charge is 0.338 e. The number of hydrogen-bond acceptors (Lipinski definition) is 4. The molecule has 0 aliphatic carbocycles. The number of halogens is 1. The highest BCUT2D eigenvalue weighted by Gasteiger charge is 2.11. The van der Waals surface area contributed by atoms with Gasteiger partial charge in [-0.25, -0.2) is 4.79 Å². The van der Waals surface area contributed by atoms with Crippen LogP contribution in [0.25, 0.3) is 0 Å². The predicted molar refractivity (Wildman–Crippen MR) is 106 cm³/mol. The van der Waals surface area contributed by atoms with Gasteiger partial charge in [0.15, 0.2) is 6.61 Å². The molecule has 0 aromatic heterocycles. The number of carbonyl (C=O) groups is 2. The van der Waals surface area contributed by atoms with Crippen LogP contribution in [0, 0.1) is 0 Å². The van der Waals surface area contributed by atoms with Crippen LogP contribution in [0.3, 0.4) is 0 Å². The number of carbonyl (C=O) groups excluding carboxylic acids is 2. The van der Waals surface area contributed by atoms with Crippen molar-refractivity contribution in [3.8, 4) is 5.75 Å². The lowest BCUT2D eigenvalue weighted by Gasteiger charge is -2.08. The molecule has 0 saturated carbocycles. The molecule has 2 rings (SSSR count). The lowest BCUT2D eigenvalue weighted by Crippen LogP contribution is -2.20. The minimum atomic E-state index is -0.564. The van der Waals surface area contributed by atoms with Crippen LogP contribution in [0.15, 0.2) is 48.5 Å². The van der Waals surface area contributed by atoms with Crippen molar-refractivity contribution in [1.29, 1.82) is 0 Å². The van der Waals surface area contributed by atoms with E-state index in [0.29, 0.717) is 28.6 Å². The Labute approximate surface area is 164 Å². The van der Waals surface area contributed by atoms with Gasteiger partial charge in [-0.15, -0.1) is 0 Å². The molecule has 0 radical (unpaired) electrons. The van der Waals surface area contributed by atoms with E-state index in [0.717, 1.165) is 12.8 Å². The zero-order valence-electron chi connectivity index (χ0n) is 15.4. The first kappa shape index (κ1) is 20.8. The minimum Gasteiger partial charge on any atom is -0.494 e. The SMILES string of the molecule is CCCCCCOc1ccc(C(=O)OCC(=O)Nc2cccc(Cl)c2)cc1. The van der Waals surface area contributed by atoms with Gasteiger partial charge in [0.25, 0.3) is 5.91 Å². The van der Waals surface area contributed by atoms with Gasteiger partial charge in [0, 0.05) is 10.7 Å². The molecule has 0 aliphatic rings. The summed E-state index contributed by atoms with van der Waals surface area (Å²) in [5.74, 6) is -0.287. The summed E-state index contributed by atoms with van der Waals surface area (Å²) in [4.78, 5) is 23.9. The second kappa shape index (κ2) is 11.2. The molecule has 0 fully saturated rings. The van der Waals surface area contributed by atoms with Crippen molar-refractivity contribution in [3.05, 3.63) is 59.1 Å². The largest absolute Gasteiger partial charge is 0.494 e. The topological polar surface area (TPSA) is 64.6 Å². The van der Waals surface area contributed by atoms with Crippen LogP contribution in [-0.2, 0) is 9.53 Å². The fraction of sp³-hybridized carbons (Fsp3) is 0.333. The number of unbranched alkanes of at least 4 members (excludes halogenated alkanes) is 3. The molecule has 5 nitrogen and oxygen atoms in total. The van der Waals surface area contributed by atoms with Crippen LogP contribution in [-0.4, -0.2) is 25.1 Å². The van der Waals surface area contributed by atoms with E-state index >= 15 is 0 Å². The van der Waals surface area contributed by atoms with E-state index in [9.17, 15) is 9.59 Å². The molecule has 0 atom stereocenters. The van der Waals surface area contributed by atoms with Crippen molar-refractivity contribution < 1.29 is 19.1 Å². The van der Waals surface area contributed by atoms with Gasteiger partial charge in [-0.3, -0.25) is 4.79 Å². The van der Waals surface area contributed by atoms with Gasteiger partial charge in [-0.05, 0) is 48.9 Å². The summed E-state index contributed by atoms with van der Waals surface area (Å²) >= 11 is 5.86. The average molecular weight is 390 g/mol. The van der Waals surface area contributed by atoms with E-state index in [1.54, 1.807) is 48.5 Å². The lowest BCUT2D eigenvalue weighted by molar-refractivity contribution is -0.119. The number of anilines is 1. The Morgan fingerprint density at radius 3 is 2.52 bits per heavy atom. The maximum atomic E-state index is 12.0. The summed E-state index contributed by atoms with van der Waals surface area (Å²) in [6.45, 7) is 2.45. The number of benzene rings is 2. The summed E-state index contributed by atoms with van der Waals surface area (Å²) in [7, 11) is 0. The molecule has 1 N–H and O–H groups in total. The van der Waals surface area contributed by atoms with Crippen LogP contribution in [0.2, 0.25) is 5.02 Å². The molecule has 0 aliphatic heterocycles. The first-order chi connectivity index (χ1) is 13.1. The highest BCUT2D eigenvalue weighted by Crippen LogP contribution is 2.15. The van der Waals surface area contributed by atoms with Crippen LogP contribution in [0.1, 0.15) is 43.0 Å². The van der Waals surface area contributed by atoms with E-state index < -0.39 is 11.9 Å². The van der Waals surface area contributed by atoms with Crippen molar-refractivity contribution >= 4 is 29.2 Å². The number of ether oxygens (including phenoxy) is 2. The molecule has 0 bridgehead atoms. The maximum absolute atomic E-state index is 12.0. The average Bonchev–Trinajstić information content (AvgIpc) is 2.66. The molecular weight excluding hydrogens is 366 g/mol. The van der Waals surface area contributed by atoms with Crippen LogP contribution in [0.4, 0.5) is 5.69 Å². The van der Waals surface area contributed by atoms with Gasteiger partial charge in [0.2, 0.25) is 0 Å². The van der Waals surface area contributed by atoms with E-state index in [2.05, 4.69) is 12.2 Å². The van der Waals surface area contributed by atoms with Crippen LogP contribution >= 0.6 is 11.6 Å². The first-order valence-corrected chi connectivity index (χ1v) is 9.41. The highest BCUT2D eigenvalue weighted by atomic mass is 35.5. The first-order valence-electron chi connectivity index (χ1n) is 9.04.